The first-order valence-corrected chi connectivity index (χ1v) is 7.47. The largest absolute Gasteiger partial charge is 0.497 e. The molecule has 1 aromatic carbocycles. The maximum Gasteiger partial charge on any atom is 0.231 e. The lowest BCUT2D eigenvalue weighted by molar-refractivity contribution is 0.350. The molecule has 1 aliphatic rings. The predicted octanol–water partition coefficient (Wildman–Crippen LogP) is 2.41. The van der Waals surface area contributed by atoms with Crippen molar-refractivity contribution in [2.24, 2.45) is 5.73 Å². The normalized spacial score (nSPS) is 16.7. The highest BCUT2D eigenvalue weighted by atomic mass is 16.5. The van der Waals surface area contributed by atoms with Gasteiger partial charge < -0.3 is 19.7 Å². The van der Waals surface area contributed by atoms with Gasteiger partial charge in [-0.2, -0.15) is 4.98 Å². The fourth-order valence-corrected chi connectivity index (χ4v) is 2.94. The highest BCUT2D eigenvalue weighted by Gasteiger charge is 2.35. The Labute approximate surface area is 129 Å². The second-order valence-electron chi connectivity index (χ2n) is 5.73. The third-order valence-electron chi connectivity index (χ3n) is 4.24. The second-order valence-corrected chi connectivity index (χ2v) is 5.73. The molecule has 2 N–H and O–H groups in total. The van der Waals surface area contributed by atoms with Crippen LogP contribution >= 0.6 is 0 Å². The summed E-state index contributed by atoms with van der Waals surface area (Å²) in [5, 5.41) is 4.08. The van der Waals surface area contributed by atoms with E-state index in [1.54, 1.807) is 14.2 Å². The molecule has 1 fully saturated rings. The summed E-state index contributed by atoms with van der Waals surface area (Å²) < 4.78 is 16.0. The first-order chi connectivity index (χ1) is 10.6. The van der Waals surface area contributed by atoms with Gasteiger partial charge in [0, 0.05) is 5.56 Å². The van der Waals surface area contributed by atoms with Crippen molar-refractivity contribution < 1.29 is 14.0 Å². The van der Waals surface area contributed by atoms with E-state index in [1.165, 1.54) is 0 Å². The summed E-state index contributed by atoms with van der Waals surface area (Å²) in [6.45, 7) is 0. The lowest BCUT2D eigenvalue weighted by atomic mass is 9.99. The van der Waals surface area contributed by atoms with E-state index < -0.39 is 5.54 Å². The summed E-state index contributed by atoms with van der Waals surface area (Å²) in [5.74, 6) is 2.69. The van der Waals surface area contributed by atoms with E-state index in [0.717, 1.165) is 42.7 Å². The van der Waals surface area contributed by atoms with Crippen molar-refractivity contribution in [2.45, 2.75) is 37.6 Å². The monoisotopic (exact) mass is 303 g/mol. The van der Waals surface area contributed by atoms with Crippen LogP contribution in [0.15, 0.2) is 22.7 Å². The Kier molecular flexibility index (Phi) is 4.02. The highest BCUT2D eigenvalue weighted by molar-refractivity contribution is 5.41. The molecule has 6 heteroatoms. The molecule has 1 aromatic heterocycles. The van der Waals surface area contributed by atoms with Gasteiger partial charge in [-0.25, -0.2) is 0 Å². The molecule has 1 aliphatic carbocycles. The van der Waals surface area contributed by atoms with Gasteiger partial charge in [0.2, 0.25) is 5.89 Å². The Bertz CT molecular complexity index is 648. The molecule has 6 nitrogen and oxygen atoms in total. The van der Waals surface area contributed by atoms with Gasteiger partial charge in [-0.3, -0.25) is 0 Å². The molecule has 0 radical (unpaired) electrons. The van der Waals surface area contributed by atoms with Crippen molar-refractivity contribution in [1.82, 2.24) is 10.1 Å². The standard InChI is InChI=1S/C16H21N3O3/c1-20-12-5-6-13(21-2)11(9-12)10-14-18-15(19-22-14)16(17)7-3-4-8-16/h5-6,9H,3-4,7-8,10,17H2,1-2H3. The number of rotatable bonds is 5. The average molecular weight is 303 g/mol. The molecule has 0 saturated heterocycles. The van der Waals surface area contributed by atoms with Gasteiger partial charge in [0.25, 0.3) is 0 Å². The molecule has 3 rings (SSSR count). The number of nitrogens with zero attached hydrogens (tertiary/aromatic N) is 2. The van der Waals surface area contributed by atoms with E-state index in [9.17, 15) is 0 Å². The van der Waals surface area contributed by atoms with E-state index in [2.05, 4.69) is 10.1 Å². The van der Waals surface area contributed by atoms with E-state index in [1.807, 2.05) is 18.2 Å². The minimum atomic E-state index is -0.430. The third-order valence-corrected chi connectivity index (χ3v) is 4.24. The minimum Gasteiger partial charge on any atom is -0.497 e. The van der Waals surface area contributed by atoms with E-state index >= 15 is 0 Å². The maximum absolute atomic E-state index is 6.36. The third kappa shape index (κ3) is 2.78. The lowest BCUT2D eigenvalue weighted by Crippen LogP contribution is -2.34. The van der Waals surface area contributed by atoms with E-state index in [0.29, 0.717) is 18.1 Å². The van der Waals surface area contributed by atoms with Gasteiger partial charge in [-0.05, 0) is 31.0 Å². The molecular formula is C16H21N3O3. The molecular weight excluding hydrogens is 282 g/mol. The maximum atomic E-state index is 6.36. The number of ether oxygens (including phenoxy) is 2. The van der Waals surface area contributed by atoms with Crippen LogP contribution in [0.2, 0.25) is 0 Å². The number of hydrogen-bond donors (Lipinski definition) is 1. The van der Waals surface area contributed by atoms with Crippen LogP contribution in [0.3, 0.4) is 0 Å². The van der Waals surface area contributed by atoms with Crippen LogP contribution in [-0.2, 0) is 12.0 Å². The summed E-state index contributed by atoms with van der Waals surface area (Å²) in [6, 6.07) is 5.64. The number of nitrogens with two attached hydrogens (primary N) is 1. The molecule has 2 aromatic rings. The zero-order valence-corrected chi connectivity index (χ0v) is 13.0. The van der Waals surface area contributed by atoms with Gasteiger partial charge in [0.15, 0.2) is 5.82 Å². The van der Waals surface area contributed by atoms with Crippen molar-refractivity contribution in [3.8, 4) is 11.5 Å². The van der Waals surface area contributed by atoms with Crippen LogP contribution in [0.25, 0.3) is 0 Å². The molecule has 0 amide bonds. The Balaban J connectivity index is 1.83. The highest BCUT2D eigenvalue weighted by Crippen LogP contribution is 2.35. The lowest BCUT2D eigenvalue weighted by Gasteiger charge is -2.17. The van der Waals surface area contributed by atoms with Gasteiger partial charge in [0.05, 0.1) is 26.2 Å². The van der Waals surface area contributed by atoms with E-state index in [-0.39, 0.29) is 0 Å². The van der Waals surface area contributed by atoms with Crippen LogP contribution in [0.1, 0.15) is 43.0 Å². The van der Waals surface area contributed by atoms with Crippen molar-refractivity contribution in [3.63, 3.8) is 0 Å². The van der Waals surface area contributed by atoms with Crippen molar-refractivity contribution in [2.75, 3.05) is 14.2 Å². The Morgan fingerprint density at radius 1 is 1.23 bits per heavy atom. The Morgan fingerprint density at radius 3 is 2.68 bits per heavy atom. The molecule has 0 aliphatic heterocycles. The number of methoxy groups -OCH3 is 2. The SMILES string of the molecule is COc1ccc(OC)c(Cc2nc(C3(N)CCCC3)no2)c1. The van der Waals surface area contributed by atoms with Gasteiger partial charge in [-0.15, -0.1) is 0 Å². The average Bonchev–Trinajstić information content (AvgIpc) is 3.17. The molecule has 118 valence electrons. The van der Waals surface area contributed by atoms with Crippen molar-refractivity contribution in [1.29, 1.82) is 0 Å². The van der Waals surface area contributed by atoms with E-state index in [4.69, 9.17) is 19.7 Å². The van der Waals surface area contributed by atoms with Gasteiger partial charge in [0.1, 0.15) is 11.5 Å². The molecule has 0 atom stereocenters. The molecule has 1 heterocycles. The van der Waals surface area contributed by atoms with Crippen LogP contribution in [0.5, 0.6) is 11.5 Å². The molecule has 0 bridgehead atoms. The zero-order chi connectivity index (χ0) is 15.6. The minimum absolute atomic E-state index is 0.430. The first-order valence-electron chi connectivity index (χ1n) is 7.47. The predicted molar refractivity (Wildman–Crippen MR) is 81.0 cm³/mol. The Morgan fingerprint density at radius 2 is 2.00 bits per heavy atom. The fourth-order valence-electron chi connectivity index (χ4n) is 2.94. The second kappa shape index (κ2) is 5.96. The van der Waals surface area contributed by atoms with Crippen molar-refractivity contribution >= 4 is 0 Å². The van der Waals surface area contributed by atoms with Crippen LogP contribution in [0, 0.1) is 0 Å². The zero-order valence-electron chi connectivity index (χ0n) is 13.0. The molecule has 0 spiro atoms. The summed E-state index contributed by atoms with van der Waals surface area (Å²) in [7, 11) is 3.27. The quantitative estimate of drug-likeness (QED) is 0.913. The number of hydrogen-bond acceptors (Lipinski definition) is 6. The number of benzene rings is 1. The first kappa shape index (κ1) is 14.8. The Hall–Kier alpha value is -2.08. The molecule has 0 unspecified atom stereocenters. The van der Waals surface area contributed by atoms with Crippen molar-refractivity contribution in [3.05, 3.63) is 35.5 Å². The summed E-state index contributed by atoms with van der Waals surface area (Å²) in [4.78, 5) is 4.49. The van der Waals surface area contributed by atoms with Gasteiger partial charge in [-0.1, -0.05) is 18.0 Å². The fraction of sp³-hybridized carbons (Fsp3) is 0.500. The topological polar surface area (TPSA) is 83.4 Å². The summed E-state index contributed by atoms with van der Waals surface area (Å²) in [6.07, 6.45) is 4.54. The smallest absolute Gasteiger partial charge is 0.231 e. The van der Waals surface area contributed by atoms with Crippen LogP contribution in [0.4, 0.5) is 0 Å². The number of aromatic nitrogens is 2. The summed E-state index contributed by atoms with van der Waals surface area (Å²) >= 11 is 0. The molecule has 1 saturated carbocycles. The van der Waals surface area contributed by atoms with Crippen LogP contribution < -0.4 is 15.2 Å². The van der Waals surface area contributed by atoms with Crippen LogP contribution in [-0.4, -0.2) is 24.4 Å². The van der Waals surface area contributed by atoms with Gasteiger partial charge >= 0.3 is 0 Å². The summed E-state index contributed by atoms with van der Waals surface area (Å²) in [5.41, 5.74) is 6.87. The molecule has 22 heavy (non-hydrogen) atoms.